The minimum atomic E-state index is -4.03. The average Bonchev–Trinajstić information content (AvgIpc) is 2.61. The van der Waals surface area contributed by atoms with E-state index < -0.39 is 20.0 Å². The van der Waals surface area contributed by atoms with Crippen LogP contribution in [0.4, 0.5) is 0 Å². The fourth-order valence-electron chi connectivity index (χ4n) is 4.13. The lowest BCUT2D eigenvalue weighted by Gasteiger charge is -2.12. The summed E-state index contributed by atoms with van der Waals surface area (Å²) in [5.41, 5.74) is 4.38. The zero-order chi connectivity index (χ0) is 24.7. The fraction of sp³-hybridized carbons (Fsp3) is 0.250. The summed E-state index contributed by atoms with van der Waals surface area (Å²) in [6.45, 7) is 10.6. The Morgan fingerprint density at radius 2 is 1.03 bits per heavy atom. The van der Waals surface area contributed by atoms with Gasteiger partial charge in [-0.15, -0.1) is 0 Å². The van der Waals surface area contributed by atoms with Crippen LogP contribution in [0.25, 0.3) is 0 Å². The first-order valence-corrected chi connectivity index (χ1v) is 13.4. The van der Waals surface area contributed by atoms with Gasteiger partial charge in [-0.2, -0.15) is 25.6 Å². The second-order valence-electron chi connectivity index (χ2n) is 8.22. The largest absolute Gasteiger partial charge is 0.283 e. The molecule has 0 fully saturated rings. The smallest absolute Gasteiger partial charge is 0.199 e. The molecule has 2 aromatic rings. The van der Waals surface area contributed by atoms with Crippen LogP contribution in [0.5, 0.6) is 0 Å². The van der Waals surface area contributed by atoms with Gasteiger partial charge < -0.3 is 0 Å². The number of aryl methyl sites for hydroxylation is 6. The molecule has 174 valence electrons. The lowest BCUT2D eigenvalue weighted by molar-refractivity contribution is 0.595. The Morgan fingerprint density at radius 3 is 1.42 bits per heavy atom. The zero-order valence-corrected chi connectivity index (χ0v) is 21.7. The van der Waals surface area contributed by atoms with E-state index in [2.05, 4.69) is 8.80 Å². The predicted octanol–water partition coefficient (Wildman–Crippen LogP) is 5.19. The van der Waals surface area contributed by atoms with Gasteiger partial charge in [0, 0.05) is 0 Å². The Hall–Kier alpha value is -2.55. The minimum Gasteiger partial charge on any atom is -0.199 e. The molecule has 0 unspecified atom stereocenters. The van der Waals surface area contributed by atoms with E-state index in [4.69, 9.17) is 11.6 Å². The molecule has 0 heterocycles. The summed E-state index contributed by atoms with van der Waals surface area (Å²) in [4.78, 5) is 0.275. The maximum atomic E-state index is 13.0. The van der Waals surface area contributed by atoms with Crippen molar-refractivity contribution in [3.63, 3.8) is 0 Å². The summed E-state index contributed by atoms with van der Waals surface area (Å²) in [5.74, 6) is 0. The molecule has 0 radical (unpaired) electrons. The molecule has 3 rings (SSSR count). The Bertz CT molecular complexity index is 1450. The number of halogens is 1. The Morgan fingerprint density at radius 1 is 0.636 bits per heavy atom. The van der Waals surface area contributed by atoms with Crippen molar-refractivity contribution in [1.82, 2.24) is 0 Å². The quantitative estimate of drug-likeness (QED) is 0.535. The number of sulfonamides is 2. The molecule has 1 aliphatic rings. The standard InChI is InChI=1S/C24H25ClN2O4S2/c1-14-9-16(3)23(17(4)10-14)32(28,29)26-20-7-8-22(21(25)13-20)27-33(30,31)24-18(5)11-15(2)12-19(24)6/h7-13H,1-6H3. The van der Waals surface area contributed by atoms with E-state index in [0.717, 1.165) is 11.1 Å². The van der Waals surface area contributed by atoms with Crippen molar-refractivity contribution in [2.45, 2.75) is 51.3 Å². The van der Waals surface area contributed by atoms with Crippen molar-refractivity contribution in [3.05, 3.63) is 80.9 Å². The molecular weight excluding hydrogens is 480 g/mol. The number of benzene rings is 2. The molecule has 0 aromatic heterocycles. The third-order valence-corrected chi connectivity index (χ3v) is 8.61. The highest BCUT2D eigenvalue weighted by Crippen LogP contribution is 2.27. The van der Waals surface area contributed by atoms with E-state index in [9.17, 15) is 16.8 Å². The fourth-order valence-corrected chi connectivity index (χ4v) is 7.26. The zero-order valence-electron chi connectivity index (χ0n) is 19.3. The second kappa shape index (κ2) is 9.00. The maximum absolute atomic E-state index is 13.0. The van der Waals surface area contributed by atoms with Crippen molar-refractivity contribution in [3.8, 4) is 0 Å². The summed E-state index contributed by atoms with van der Waals surface area (Å²) in [6.07, 6.45) is 4.02. The predicted molar refractivity (Wildman–Crippen MR) is 134 cm³/mol. The van der Waals surface area contributed by atoms with Gasteiger partial charge in [0.15, 0.2) is 0 Å². The molecular formula is C24H25ClN2O4S2. The summed E-state index contributed by atoms with van der Waals surface area (Å²) < 4.78 is 59.6. The Balaban J connectivity index is 2.00. The Kier molecular flexibility index (Phi) is 6.84. The van der Waals surface area contributed by atoms with Gasteiger partial charge in [0.2, 0.25) is 0 Å². The van der Waals surface area contributed by atoms with E-state index in [1.807, 2.05) is 13.8 Å². The maximum Gasteiger partial charge on any atom is 0.283 e. The third-order valence-electron chi connectivity index (χ3n) is 5.10. The second-order valence-corrected chi connectivity index (χ2v) is 11.7. The van der Waals surface area contributed by atoms with Crippen molar-refractivity contribution in [2.75, 3.05) is 0 Å². The SMILES string of the molecule is Cc1cc(C)c(S(=O)(=O)N=C2C=CC(=NS(=O)(=O)c3c(C)cc(C)cc3C)C(Cl)=C2)c(C)c1. The molecule has 6 nitrogen and oxygen atoms in total. The summed E-state index contributed by atoms with van der Waals surface area (Å²) >= 11 is 6.27. The molecule has 0 bridgehead atoms. The van der Waals surface area contributed by atoms with Gasteiger partial charge in [-0.1, -0.05) is 47.0 Å². The minimum absolute atomic E-state index is 0.00934. The summed E-state index contributed by atoms with van der Waals surface area (Å²) in [5, 5.41) is -0.0187. The van der Waals surface area contributed by atoms with Crippen LogP contribution in [-0.2, 0) is 20.0 Å². The third kappa shape index (κ3) is 5.34. The number of allylic oxidation sites excluding steroid dienone is 4. The highest BCUT2D eigenvalue weighted by molar-refractivity contribution is 7.90. The van der Waals surface area contributed by atoms with Crippen molar-refractivity contribution in [1.29, 1.82) is 0 Å². The summed E-state index contributed by atoms with van der Waals surface area (Å²) in [6, 6.07) is 7.12. The molecule has 0 spiro atoms. The normalized spacial score (nSPS) is 17.0. The van der Waals surface area contributed by atoms with Gasteiger partial charge in [-0.05, 0) is 82.0 Å². The van der Waals surface area contributed by atoms with Crippen LogP contribution in [0.15, 0.2) is 66.1 Å². The molecule has 0 saturated heterocycles. The highest BCUT2D eigenvalue weighted by atomic mass is 35.5. The van der Waals surface area contributed by atoms with Gasteiger partial charge in [0.1, 0.15) is 0 Å². The van der Waals surface area contributed by atoms with Gasteiger partial charge in [-0.3, -0.25) is 0 Å². The summed E-state index contributed by atoms with van der Waals surface area (Å²) in [7, 11) is -8.03. The lowest BCUT2D eigenvalue weighted by Crippen LogP contribution is -2.12. The number of hydrogen-bond donors (Lipinski definition) is 0. The molecule has 1 aliphatic carbocycles. The number of rotatable bonds is 4. The average molecular weight is 505 g/mol. The van der Waals surface area contributed by atoms with Crippen LogP contribution in [0.1, 0.15) is 33.4 Å². The van der Waals surface area contributed by atoms with Crippen molar-refractivity contribution in [2.24, 2.45) is 8.80 Å². The molecule has 0 atom stereocenters. The molecule has 0 aliphatic heterocycles. The Labute approximate surface area is 200 Å². The van der Waals surface area contributed by atoms with E-state index in [1.54, 1.807) is 52.0 Å². The first-order valence-electron chi connectivity index (χ1n) is 10.1. The highest BCUT2D eigenvalue weighted by Gasteiger charge is 2.23. The molecule has 0 N–H and O–H groups in total. The van der Waals surface area contributed by atoms with Crippen molar-refractivity contribution < 1.29 is 16.8 Å². The lowest BCUT2D eigenvalue weighted by atomic mass is 10.1. The van der Waals surface area contributed by atoms with Crippen molar-refractivity contribution >= 4 is 43.1 Å². The van der Waals surface area contributed by atoms with Crippen LogP contribution >= 0.6 is 11.6 Å². The number of hydrogen-bond acceptors (Lipinski definition) is 4. The van der Waals surface area contributed by atoms with Crippen LogP contribution in [0.2, 0.25) is 0 Å². The molecule has 2 aromatic carbocycles. The van der Waals surface area contributed by atoms with Crippen LogP contribution in [0.3, 0.4) is 0 Å². The first kappa shape index (κ1) is 25.1. The molecule has 33 heavy (non-hydrogen) atoms. The van der Waals surface area contributed by atoms with Gasteiger partial charge in [-0.25, -0.2) is 0 Å². The van der Waals surface area contributed by atoms with E-state index in [-0.39, 0.29) is 26.2 Å². The molecule has 0 amide bonds. The van der Waals surface area contributed by atoms with E-state index in [0.29, 0.717) is 22.3 Å². The van der Waals surface area contributed by atoms with Gasteiger partial charge >= 0.3 is 0 Å². The van der Waals surface area contributed by atoms with Gasteiger partial charge in [0.05, 0.1) is 26.2 Å². The number of nitrogens with zero attached hydrogens (tertiary/aromatic N) is 2. The van der Waals surface area contributed by atoms with E-state index in [1.165, 1.54) is 18.2 Å². The van der Waals surface area contributed by atoms with Gasteiger partial charge in [0.25, 0.3) is 20.0 Å². The monoisotopic (exact) mass is 504 g/mol. The van der Waals surface area contributed by atoms with Crippen LogP contribution < -0.4 is 0 Å². The van der Waals surface area contributed by atoms with Crippen LogP contribution in [-0.4, -0.2) is 28.3 Å². The topological polar surface area (TPSA) is 93.0 Å². The molecule has 9 heteroatoms. The van der Waals surface area contributed by atoms with E-state index >= 15 is 0 Å². The first-order chi connectivity index (χ1) is 15.2. The van der Waals surface area contributed by atoms with Crippen LogP contribution in [0, 0.1) is 41.5 Å². The molecule has 0 saturated carbocycles.